The first kappa shape index (κ1) is 12.8. The van der Waals surface area contributed by atoms with Crippen molar-refractivity contribution in [2.75, 3.05) is 11.9 Å². The number of aliphatic hydroxyl groups is 1. The van der Waals surface area contributed by atoms with Gasteiger partial charge in [0, 0.05) is 25.3 Å². The van der Waals surface area contributed by atoms with Crippen molar-refractivity contribution < 1.29 is 14.7 Å². The molecule has 0 saturated carbocycles. The number of Topliss-reactive ketones (excluding diaryl/α,β-unsaturated/α-hetero) is 1. The van der Waals surface area contributed by atoms with Gasteiger partial charge in [-0.1, -0.05) is 0 Å². The van der Waals surface area contributed by atoms with E-state index in [1.54, 1.807) is 5.38 Å². The van der Waals surface area contributed by atoms with Crippen molar-refractivity contribution >= 4 is 28.2 Å². The van der Waals surface area contributed by atoms with E-state index >= 15 is 0 Å². The first-order valence-corrected chi connectivity index (χ1v) is 5.88. The number of hydrogen-bond acceptors (Lipinski definition) is 5. The third-order valence-corrected chi connectivity index (χ3v) is 2.68. The lowest BCUT2D eigenvalue weighted by atomic mass is 10.2. The first-order chi connectivity index (χ1) is 7.63. The molecule has 0 aliphatic heterocycles. The van der Waals surface area contributed by atoms with Crippen LogP contribution >= 0.6 is 11.3 Å². The Morgan fingerprint density at radius 2 is 2.25 bits per heavy atom. The number of rotatable bonds is 6. The molecule has 0 bridgehead atoms. The van der Waals surface area contributed by atoms with Crippen LogP contribution in [-0.4, -0.2) is 28.4 Å². The number of amides is 1. The van der Waals surface area contributed by atoms with Crippen molar-refractivity contribution in [3.8, 4) is 0 Å². The molecule has 6 heteroatoms. The Labute approximate surface area is 97.5 Å². The number of unbranched alkanes of at least 4 members (excludes halogenated alkanes) is 1. The number of anilines is 1. The zero-order chi connectivity index (χ0) is 12.0. The summed E-state index contributed by atoms with van der Waals surface area (Å²) in [7, 11) is 0. The molecule has 1 rings (SSSR count). The predicted molar refractivity (Wildman–Crippen MR) is 61.7 cm³/mol. The van der Waals surface area contributed by atoms with Crippen molar-refractivity contribution in [2.24, 2.45) is 0 Å². The molecule has 88 valence electrons. The molecule has 0 aliphatic carbocycles. The third kappa shape index (κ3) is 4.08. The van der Waals surface area contributed by atoms with Gasteiger partial charge in [0.25, 0.3) is 0 Å². The summed E-state index contributed by atoms with van der Waals surface area (Å²) >= 11 is 1.23. The molecule has 0 fully saturated rings. The topological polar surface area (TPSA) is 79.3 Å². The standard InChI is InChI=1S/C10H14N2O3S/c1-7(14)8-6-16-10(11-8)12-9(15)4-2-3-5-13/h6,13H,2-5H2,1H3,(H,11,12,15). The zero-order valence-electron chi connectivity index (χ0n) is 9.02. The van der Waals surface area contributed by atoms with Crippen LogP contribution in [0.1, 0.15) is 36.7 Å². The molecule has 0 atom stereocenters. The molecule has 2 N–H and O–H groups in total. The molecular weight excluding hydrogens is 228 g/mol. The Hall–Kier alpha value is -1.27. The van der Waals surface area contributed by atoms with Gasteiger partial charge in [-0.05, 0) is 12.8 Å². The van der Waals surface area contributed by atoms with Crippen LogP contribution in [0.25, 0.3) is 0 Å². The summed E-state index contributed by atoms with van der Waals surface area (Å²) in [6.07, 6.45) is 1.62. The van der Waals surface area contributed by atoms with Gasteiger partial charge in [-0.2, -0.15) is 0 Å². The van der Waals surface area contributed by atoms with Gasteiger partial charge in [0.15, 0.2) is 10.9 Å². The van der Waals surface area contributed by atoms with Crippen LogP contribution in [0.2, 0.25) is 0 Å². The molecule has 0 unspecified atom stereocenters. The summed E-state index contributed by atoms with van der Waals surface area (Å²) in [5.41, 5.74) is 0.371. The Balaban J connectivity index is 2.40. The summed E-state index contributed by atoms with van der Waals surface area (Å²) in [4.78, 5) is 26.3. The summed E-state index contributed by atoms with van der Waals surface area (Å²) in [5, 5.41) is 13.2. The summed E-state index contributed by atoms with van der Waals surface area (Å²) in [5.74, 6) is -0.255. The molecule has 1 heterocycles. The number of ketones is 1. The smallest absolute Gasteiger partial charge is 0.226 e. The summed E-state index contributed by atoms with van der Waals surface area (Å²) in [6, 6.07) is 0. The zero-order valence-corrected chi connectivity index (χ0v) is 9.84. The molecular formula is C10H14N2O3S. The van der Waals surface area contributed by atoms with E-state index in [4.69, 9.17) is 5.11 Å². The molecule has 1 amide bonds. The SMILES string of the molecule is CC(=O)c1csc(NC(=O)CCCCO)n1. The maximum absolute atomic E-state index is 11.4. The average Bonchev–Trinajstić information content (AvgIpc) is 2.66. The van der Waals surface area contributed by atoms with E-state index in [0.29, 0.717) is 30.1 Å². The van der Waals surface area contributed by atoms with Crippen molar-refractivity contribution in [2.45, 2.75) is 26.2 Å². The van der Waals surface area contributed by atoms with E-state index in [0.717, 1.165) is 0 Å². The fraction of sp³-hybridized carbons (Fsp3) is 0.500. The van der Waals surface area contributed by atoms with Gasteiger partial charge in [-0.15, -0.1) is 11.3 Å². The molecule has 16 heavy (non-hydrogen) atoms. The molecule has 0 saturated heterocycles. The average molecular weight is 242 g/mol. The van der Waals surface area contributed by atoms with Crippen LogP contribution in [0.3, 0.4) is 0 Å². The number of carbonyl (C=O) groups is 2. The molecule has 0 spiro atoms. The van der Waals surface area contributed by atoms with E-state index in [-0.39, 0.29) is 18.3 Å². The second kappa shape index (κ2) is 6.34. The van der Waals surface area contributed by atoms with Crippen LogP contribution in [0.4, 0.5) is 5.13 Å². The van der Waals surface area contributed by atoms with Crippen LogP contribution in [0.5, 0.6) is 0 Å². The highest BCUT2D eigenvalue weighted by Crippen LogP contribution is 2.16. The number of nitrogens with one attached hydrogen (secondary N) is 1. The molecule has 0 aromatic carbocycles. The highest BCUT2D eigenvalue weighted by atomic mass is 32.1. The quantitative estimate of drug-likeness (QED) is 0.584. The Morgan fingerprint density at radius 3 is 2.81 bits per heavy atom. The minimum atomic E-state index is -0.141. The lowest BCUT2D eigenvalue weighted by Crippen LogP contribution is -2.11. The second-order valence-electron chi connectivity index (χ2n) is 3.32. The van der Waals surface area contributed by atoms with Gasteiger partial charge >= 0.3 is 0 Å². The number of thiazole rings is 1. The van der Waals surface area contributed by atoms with E-state index in [1.807, 2.05) is 0 Å². The maximum Gasteiger partial charge on any atom is 0.226 e. The number of aliphatic hydroxyl groups excluding tert-OH is 1. The monoisotopic (exact) mass is 242 g/mol. The van der Waals surface area contributed by atoms with Gasteiger partial charge in [0.05, 0.1) is 0 Å². The largest absolute Gasteiger partial charge is 0.396 e. The number of nitrogens with zero attached hydrogens (tertiary/aromatic N) is 1. The number of carbonyl (C=O) groups excluding carboxylic acids is 2. The van der Waals surface area contributed by atoms with Crippen LogP contribution in [-0.2, 0) is 4.79 Å². The highest BCUT2D eigenvalue weighted by Gasteiger charge is 2.08. The fourth-order valence-corrected chi connectivity index (χ4v) is 1.84. The lowest BCUT2D eigenvalue weighted by molar-refractivity contribution is -0.116. The summed E-state index contributed by atoms with van der Waals surface area (Å²) in [6.45, 7) is 1.53. The Morgan fingerprint density at radius 1 is 1.50 bits per heavy atom. The van der Waals surface area contributed by atoms with Crippen molar-refractivity contribution in [1.82, 2.24) is 4.98 Å². The minimum absolute atomic E-state index is 0.0962. The van der Waals surface area contributed by atoms with Crippen molar-refractivity contribution in [3.63, 3.8) is 0 Å². The minimum Gasteiger partial charge on any atom is -0.396 e. The normalized spacial score (nSPS) is 10.1. The van der Waals surface area contributed by atoms with Crippen LogP contribution in [0, 0.1) is 0 Å². The van der Waals surface area contributed by atoms with Gasteiger partial charge in [0.2, 0.25) is 5.91 Å². The number of aromatic nitrogens is 1. The number of hydrogen-bond donors (Lipinski definition) is 2. The predicted octanol–water partition coefficient (Wildman–Crippen LogP) is 1.45. The van der Waals surface area contributed by atoms with Gasteiger partial charge < -0.3 is 10.4 Å². The van der Waals surface area contributed by atoms with E-state index in [2.05, 4.69) is 10.3 Å². The summed E-state index contributed by atoms with van der Waals surface area (Å²) < 4.78 is 0. The van der Waals surface area contributed by atoms with Gasteiger partial charge in [-0.25, -0.2) is 4.98 Å². The van der Waals surface area contributed by atoms with Gasteiger partial charge in [-0.3, -0.25) is 9.59 Å². The highest BCUT2D eigenvalue weighted by molar-refractivity contribution is 7.14. The Bertz CT molecular complexity index is 376. The van der Waals surface area contributed by atoms with Crippen molar-refractivity contribution in [3.05, 3.63) is 11.1 Å². The molecule has 5 nitrogen and oxygen atoms in total. The Kier molecular flexibility index (Phi) is 5.07. The van der Waals surface area contributed by atoms with E-state index in [9.17, 15) is 9.59 Å². The van der Waals surface area contributed by atoms with Crippen LogP contribution in [0.15, 0.2) is 5.38 Å². The molecule has 0 radical (unpaired) electrons. The maximum atomic E-state index is 11.4. The fourth-order valence-electron chi connectivity index (χ4n) is 1.07. The van der Waals surface area contributed by atoms with Crippen LogP contribution < -0.4 is 5.32 Å². The van der Waals surface area contributed by atoms with E-state index < -0.39 is 0 Å². The molecule has 0 aliphatic rings. The molecule has 1 aromatic rings. The first-order valence-electron chi connectivity index (χ1n) is 5.00. The van der Waals surface area contributed by atoms with Crippen molar-refractivity contribution in [1.29, 1.82) is 0 Å². The third-order valence-electron chi connectivity index (χ3n) is 1.92. The van der Waals surface area contributed by atoms with E-state index in [1.165, 1.54) is 18.3 Å². The molecule has 1 aromatic heterocycles. The lowest BCUT2D eigenvalue weighted by Gasteiger charge is -1.99. The second-order valence-corrected chi connectivity index (χ2v) is 4.18. The van der Waals surface area contributed by atoms with Gasteiger partial charge in [0.1, 0.15) is 5.69 Å².